The van der Waals surface area contributed by atoms with Gasteiger partial charge in [-0.2, -0.15) is 0 Å². The number of hydrogen-bond donors (Lipinski definition) is 0. The van der Waals surface area contributed by atoms with Crippen LogP contribution in [-0.4, -0.2) is 41.4 Å². The van der Waals surface area contributed by atoms with Crippen molar-refractivity contribution < 1.29 is 9.31 Å². The molecule has 0 unspecified atom stereocenters. The molecule has 122 valence electrons. The largest absolute Gasteiger partial charge is 0.498 e. The van der Waals surface area contributed by atoms with E-state index in [2.05, 4.69) is 14.9 Å². The third-order valence-electron chi connectivity index (χ3n) is 4.57. The van der Waals surface area contributed by atoms with Gasteiger partial charge in [-0.05, 0) is 40.5 Å². The van der Waals surface area contributed by atoms with Gasteiger partial charge in [0.05, 0.1) is 11.2 Å². The molecule has 0 amide bonds. The molecule has 0 aromatic carbocycles. The highest BCUT2D eigenvalue weighted by Gasteiger charge is 2.51. The molecule has 0 N–H and O–H groups in total. The highest BCUT2D eigenvalue weighted by atomic mass is 16.7. The number of hydrogen-bond acceptors (Lipinski definition) is 5. The zero-order valence-corrected chi connectivity index (χ0v) is 14.7. The monoisotopic (exact) mass is 305 g/mol. The van der Waals surface area contributed by atoms with Crippen molar-refractivity contribution in [3.63, 3.8) is 0 Å². The maximum absolute atomic E-state index is 6.00. The molecule has 1 aromatic rings. The first-order chi connectivity index (χ1) is 10.4. The third-order valence-corrected chi connectivity index (χ3v) is 4.57. The summed E-state index contributed by atoms with van der Waals surface area (Å²) in [5.74, 6) is 0.808. The summed E-state index contributed by atoms with van der Waals surface area (Å²) in [6, 6.07) is 0. The van der Waals surface area contributed by atoms with Gasteiger partial charge in [-0.15, -0.1) is 0 Å². The lowest BCUT2D eigenvalue weighted by Crippen LogP contribution is -2.41. The molecule has 1 aromatic heterocycles. The second-order valence-electron chi connectivity index (χ2n) is 6.60. The SMILES string of the molecule is CC.CC1(C)OB(c2cnc(N3CCCC3)nc2)OC1(C)C. The average Bonchev–Trinajstić information content (AvgIpc) is 3.08. The quantitative estimate of drug-likeness (QED) is 0.785. The van der Waals surface area contributed by atoms with E-state index < -0.39 is 0 Å². The lowest BCUT2D eigenvalue weighted by atomic mass is 9.81. The standard InChI is InChI=1S/C14H22BN3O2.C2H6/c1-13(2)14(3,4)20-15(19-13)11-9-16-12(17-10-11)18-7-5-6-8-18;1-2/h9-10H,5-8H2,1-4H3;1-2H3. The van der Waals surface area contributed by atoms with E-state index in [4.69, 9.17) is 9.31 Å². The topological polar surface area (TPSA) is 47.5 Å². The Morgan fingerprint density at radius 1 is 0.955 bits per heavy atom. The second-order valence-corrected chi connectivity index (χ2v) is 6.60. The summed E-state index contributed by atoms with van der Waals surface area (Å²) in [7, 11) is -0.382. The van der Waals surface area contributed by atoms with Gasteiger partial charge >= 0.3 is 7.12 Å². The summed E-state index contributed by atoms with van der Waals surface area (Å²) in [4.78, 5) is 11.1. The van der Waals surface area contributed by atoms with Gasteiger partial charge in [-0.1, -0.05) is 13.8 Å². The maximum atomic E-state index is 6.00. The van der Waals surface area contributed by atoms with Gasteiger partial charge in [0.2, 0.25) is 5.95 Å². The first-order valence-corrected chi connectivity index (χ1v) is 8.32. The predicted octanol–water partition coefficient (Wildman–Crippen LogP) is 2.40. The van der Waals surface area contributed by atoms with Gasteiger partial charge in [-0.3, -0.25) is 0 Å². The molecule has 0 atom stereocenters. The van der Waals surface area contributed by atoms with Crippen LogP contribution in [0, 0.1) is 0 Å². The van der Waals surface area contributed by atoms with Crippen molar-refractivity contribution in [1.82, 2.24) is 9.97 Å². The van der Waals surface area contributed by atoms with Gasteiger partial charge in [-0.25, -0.2) is 9.97 Å². The summed E-state index contributed by atoms with van der Waals surface area (Å²) in [5.41, 5.74) is 0.225. The van der Waals surface area contributed by atoms with E-state index in [0.29, 0.717) is 0 Å². The Bertz CT molecular complexity index is 469. The average molecular weight is 305 g/mol. The van der Waals surface area contributed by atoms with Crippen LogP contribution in [0.5, 0.6) is 0 Å². The fourth-order valence-corrected chi connectivity index (χ4v) is 2.51. The molecule has 0 spiro atoms. The minimum absolute atomic E-state index is 0.328. The summed E-state index contributed by atoms with van der Waals surface area (Å²) >= 11 is 0. The molecular formula is C16H28BN3O2. The lowest BCUT2D eigenvalue weighted by Gasteiger charge is -2.32. The number of anilines is 1. The minimum Gasteiger partial charge on any atom is -0.399 e. The first-order valence-electron chi connectivity index (χ1n) is 8.32. The van der Waals surface area contributed by atoms with Crippen molar-refractivity contribution in [1.29, 1.82) is 0 Å². The third kappa shape index (κ3) is 3.28. The van der Waals surface area contributed by atoms with Gasteiger partial charge in [0.25, 0.3) is 0 Å². The zero-order chi connectivity index (χ0) is 16.4. The van der Waals surface area contributed by atoms with Crippen LogP contribution >= 0.6 is 0 Å². The molecule has 0 saturated carbocycles. The molecule has 5 nitrogen and oxygen atoms in total. The second kappa shape index (κ2) is 6.55. The Morgan fingerprint density at radius 2 is 1.41 bits per heavy atom. The van der Waals surface area contributed by atoms with Crippen molar-refractivity contribution in [3.8, 4) is 0 Å². The lowest BCUT2D eigenvalue weighted by molar-refractivity contribution is 0.00578. The molecule has 3 heterocycles. The molecule has 2 fully saturated rings. The van der Waals surface area contributed by atoms with Crippen LogP contribution in [0.3, 0.4) is 0 Å². The molecule has 2 aliphatic heterocycles. The number of aromatic nitrogens is 2. The number of nitrogens with zero attached hydrogens (tertiary/aromatic N) is 3. The highest BCUT2D eigenvalue weighted by molar-refractivity contribution is 6.61. The van der Waals surface area contributed by atoms with Crippen LogP contribution in [0.2, 0.25) is 0 Å². The molecule has 6 heteroatoms. The Labute approximate surface area is 134 Å². The van der Waals surface area contributed by atoms with E-state index in [-0.39, 0.29) is 18.3 Å². The van der Waals surface area contributed by atoms with Gasteiger partial charge in [0.1, 0.15) is 0 Å². The van der Waals surface area contributed by atoms with Gasteiger partial charge in [0.15, 0.2) is 0 Å². The molecule has 3 rings (SSSR count). The van der Waals surface area contributed by atoms with Crippen LogP contribution in [0.1, 0.15) is 54.4 Å². The summed E-state index contributed by atoms with van der Waals surface area (Å²) in [6.45, 7) is 14.3. The summed E-state index contributed by atoms with van der Waals surface area (Å²) in [5, 5.41) is 0. The number of rotatable bonds is 2. The van der Waals surface area contributed by atoms with Crippen LogP contribution in [0.4, 0.5) is 5.95 Å². The zero-order valence-electron chi connectivity index (χ0n) is 14.7. The van der Waals surface area contributed by atoms with Crippen molar-refractivity contribution in [2.24, 2.45) is 0 Å². The van der Waals surface area contributed by atoms with Gasteiger partial charge in [0, 0.05) is 30.9 Å². The highest BCUT2D eigenvalue weighted by Crippen LogP contribution is 2.36. The summed E-state index contributed by atoms with van der Waals surface area (Å²) < 4.78 is 12.0. The molecule has 0 aliphatic carbocycles. The van der Waals surface area contributed by atoms with Crippen molar-refractivity contribution in [3.05, 3.63) is 12.4 Å². The van der Waals surface area contributed by atoms with E-state index in [1.807, 2.05) is 53.9 Å². The van der Waals surface area contributed by atoms with Crippen LogP contribution < -0.4 is 10.4 Å². The van der Waals surface area contributed by atoms with Crippen LogP contribution in [-0.2, 0) is 9.31 Å². The van der Waals surface area contributed by atoms with E-state index in [1.54, 1.807) is 0 Å². The van der Waals surface area contributed by atoms with Crippen LogP contribution in [0.25, 0.3) is 0 Å². The Morgan fingerprint density at radius 3 is 1.86 bits per heavy atom. The fourth-order valence-electron chi connectivity index (χ4n) is 2.51. The minimum atomic E-state index is -0.382. The normalized spacial score (nSPS) is 22.5. The van der Waals surface area contributed by atoms with E-state index in [0.717, 1.165) is 24.5 Å². The molecule has 0 radical (unpaired) electrons. The molecule has 2 aliphatic rings. The molecule has 2 saturated heterocycles. The molecule has 22 heavy (non-hydrogen) atoms. The predicted molar refractivity (Wildman–Crippen MR) is 90.5 cm³/mol. The Balaban J connectivity index is 0.000000847. The first kappa shape index (κ1) is 17.2. The molecule has 0 bridgehead atoms. The van der Waals surface area contributed by atoms with E-state index in [1.165, 1.54) is 12.8 Å². The van der Waals surface area contributed by atoms with Crippen molar-refractivity contribution >= 4 is 18.5 Å². The van der Waals surface area contributed by atoms with Crippen molar-refractivity contribution in [2.75, 3.05) is 18.0 Å². The van der Waals surface area contributed by atoms with Gasteiger partial charge < -0.3 is 14.2 Å². The smallest absolute Gasteiger partial charge is 0.399 e. The van der Waals surface area contributed by atoms with Crippen LogP contribution in [0.15, 0.2) is 12.4 Å². The Hall–Kier alpha value is -1.14. The fraction of sp³-hybridized carbons (Fsp3) is 0.750. The summed E-state index contributed by atoms with van der Waals surface area (Å²) in [6.07, 6.45) is 6.09. The van der Waals surface area contributed by atoms with E-state index in [9.17, 15) is 0 Å². The van der Waals surface area contributed by atoms with Crippen molar-refractivity contribution in [2.45, 2.75) is 65.6 Å². The Kier molecular flexibility index (Phi) is 5.12. The van der Waals surface area contributed by atoms with E-state index >= 15 is 0 Å². The molecular weight excluding hydrogens is 277 g/mol. The maximum Gasteiger partial charge on any atom is 0.498 e.